The first-order valence-corrected chi connectivity index (χ1v) is 8.37. The number of benzene rings is 1. The second-order valence-corrected chi connectivity index (χ2v) is 6.08. The SMILES string of the molecule is CCCCC1(O)OC(=C=O)C(C(=O)NOC)=C1c1cc2ccccc2[nH]1. The van der Waals surface area contributed by atoms with Crippen molar-refractivity contribution >= 4 is 28.3 Å². The van der Waals surface area contributed by atoms with Crippen LogP contribution in [0.25, 0.3) is 16.5 Å². The molecular formula is C19H20N2O5. The molecule has 3 N–H and O–H groups in total. The van der Waals surface area contributed by atoms with Gasteiger partial charge in [-0.1, -0.05) is 31.5 Å². The van der Waals surface area contributed by atoms with Gasteiger partial charge in [-0.3, -0.25) is 9.63 Å². The van der Waals surface area contributed by atoms with Crippen LogP contribution in [0, 0.1) is 0 Å². The van der Waals surface area contributed by atoms with Crippen LogP contribution >= 0.6 is 0 Å². The summed E-state index contributed by atoms with van der Waals surface area (Å²) in [6, 6.07) is 9.35. The largest absolute Gasteiger partial charge is 0.446 e. The number of carbonyl (C=O) groups is 1. The zero-order chi connectivity index (χ0) is 18.7. The zero-order valence-electron chi connectivity index (χ0n) is 14.6. The molecule has 1 aliphatic heterocycles. The number of amides is 1. The number of hydroxylamine groups is 1. The summed E-state index contributed by atoms with van der Waals surface area (Å²) in [5, 5.41) is 12.0. The van der Waals surface area contributed by atoms with Gasteiger partial charge < -0.3 is 14.8 Å². The Kier molecular flexibility index (Phi) is 4.95. The van der Waals surface area contributed by atoms with E-state index in [0.29, 0.717) is 12.1 Å². The smallest absolute Gasteiger partial charge is 0.280 e. The number of hydrogen-bond acceptors (Lipinski definition) is 5. The molecule has 0 radical (unpaired) electrons. The molecule has 7 heteroatoms. The van der Waals surface area contributed by atoms with Crippen LogP contribution in [0.1, 0.15) is 31.9 Å². The lowest BCUT2D eigenvalue weighted by Gasteiger charge is -2.24. The molecule has 7 nitrogen and oxygen atoms in total. The summed E-state index contributed by atoms with van der Waals surface area (Å²) in [5.41, 5.74) is 3.62. The van der Waals surface area contributed by atoms with E-state index in [4.69, 9.17) is 4.74 Å². The van der Waals surface area contributed by atoms with Crippen LogP contribution in [0.3, 0.4) is 0 Å². The van der Waals surface area contributed by atoms with Gasteiger partial charge in [-0.05, 0) is 23.9 Å². The van der Waals surface area contributed by atoms with E-state index in [-0.39, 0.29) is 23.3 Å². The molecule has 1 aliphatic rings. The Labute approximate surface area is 150 Å². The molecule has 1 amide bonds. The minimum atomic E-state index is -1.80. The number of carbonyl (C=O) groups excluding carboxylic acids is 2. The fourth-order valence-electron chi connectivity index (χ4n) is 3.16. The molecule has 0 saturated carbocycles. The van der Waals surface area contributed by atoms with E-state index in [1.165, 1.54) is 7.11 Å². The van der Waals surface area contributed by atoms with E-state index < -0.39 is 11.7 Å². The fraction of sp³-hybridized carbons (Fsp3) is 0.316. The van der Waals surface area contributed by atoms with Crippen LogP contribution in [0.4, 0.5) is 0 Å². The van der Waals surface area contributed by atoms with Crippen molar-refractivity contribution in [1.82, 2.24) is 10.5 Å². The van der Waals surface area contributed by atoms with Gasteiger partial charge >= 0.3 is 0 Å². The molecule has 0 saturated heterocycles. The Balaban J connectivity index is 2.23. The van der Waals surface area contributed by atoms with Crippen LogP contribution in [0.2, 0.25) is 0 Å². The van der Waals surface area contributed by atoms with Crippen LogP contribution in [-0.2, 0) is 19.2 Å². The Hall–Kier alpha value is -2.86. The van der Waals surface area contributed by atoms with E-state index in [1.807, 2.05) is 31.2 Å². The first-order chi connectivity index (χ1) is 12.5. The number of rotatable bonds is 6. The van der Waals surface area contributed by atoms with Crippen molar-refractivity contribution in [3.63, 3.8) is 0 Å². The van der Waals surface area contributed by atoms with Crippen LogP contribution in [-0.4, -0.2) is 34.8 Å². The number of nitrogens with one attached hydrogen (secondary N) is 2. The van der Waals surface area contributed by atoms with E-state index in [2.05, 4.69) is 15.3 Å². The minimum absolute atomic E-state index is 0.0907. The molecule has 1 atom stereocenters. The van der Waals surface area contributed by atoms with E-state index in [1.54, 1.807) is 12.0 Å². The molecular weight excluding hydrogens is 336 g/mol. The zero-order valence-corrected chi connectivity index (χ0v) is 14.6. The molecule has 2 aromatic rings. The molecule has 2 heterocycles. The summed E-state index contributed by atoms with van der Waals surface area (Å²) in [4.78, 5) is 31.7. The quantitative estimate of drug-likeness (QED) is 0.544. The standard InChI is InChI=1S/C19H20N2O5/c1-3-4-9-19(24)17(14-10-12-7-5-6-8-13(12)20-14)16(15(11-22)26-19)18(23)21-25-2/h5-8,10,20,24H,3-4,9H2,1-2H3,(H,21,23). The summed E-state index contributed by atoms with van der Waals surface area (Å²) in [6.45, 7) is 1.97. The molecule has 26 heavy (non-hydrogen) atoms. The van der Waals surface area contributed by atoms with Crippen LogP contribution in [0.15, 0.2) is 41.7 Å². The molecule has 0 bridgehead atoms. The van der Waals surface area contributed by atoms with Crippen LogP contribution in [0.5, 0.6) is 0 Å². The lowest BCUT2D eigenvalue weighted by Crippen LogP contribution is -2.30. The highest BCUT2D eigenvalue weighted by atomic mass is 16.6. The lowest BCUT2D eigenvalue weighted by atomic mass is 9.94. The van der Waals surface area contributed by atoms with Gasteiger partial charge in [-0.2, -0.15) is 0 Å². The molecule has 0 spiro atoms. The monoisotopic (exact) mass is 356 g/mol. The second kappa shape index (κ2) is 7.17. The normalized spacial score (nSPS) is 19.6. The summed E-state index contributed by atoms with van der Waals surface area (Å²) in [6.07, 6.45) is 1.68. The van der Waals surface area contributed by atoms with Gasteiger partial charge in [0.1, 0.15) is 5.57 Å². The van der Waals surface area contributed by atoms with E-state index in [9.17, 15) is 14.7 Å². The number of hydrogen-bond donors (Lipinski definition) is 3. The van der Waals surface area contributed by atoms with Crippen molar-refractivity contribution in [2.45, 2.75) is 32.0 Å². The van der Waals surface area contributed by atoms with Crippen LogP contribution < -0.4 is 5.48 Å². The molecule has 0 fully saturated rings. The third kappa shape index (κ3) is 3.04. The summed E-state index contributed by atoms with van der Waals surface area (Å²) in [7, 11) is 1.28. The van der Waals surface area contributed by atoms with Gasteiger partial charge in [0, 0.05) is 17.6 Å². The number of para-hydroxylation sites is 1. The minimum Gasteiger partial charge on any atom is -0.446 e. The maximum absolute atomic E-state index is 12.5. The number of aliphatic hydroxyl groups is 1. The predicted molar refractivity (Wildman–Crippen MR) is 95.1 cm³/mol. The van der Waals surface area contributed by atoms with Gasteiger partial charge in [0.25, 0.3) is 5.91 Å². The van der Waals surface area contributed by atoms with E-state index in [0.717, 1.165) is 17.3 Å². The number of aromatic amines is 1. The fourth-order valence-corrected chi connectivity index (χ4v) is 3.16. The van der Waals surface area contributed by atoms with Crippen molar-refractivity contribution in [3.05, 3.63) is 47.4 Å². The summed E-state index contributed by atoms with van der Waals surface area (Å²) >= 11 is 0. The second-order valence-electron chi connectivity index (χ2n) is 6.08. The molecule has 3 rings (SSSR count). The summed E-state index contributed by atoms with van der Waals surface area (Å²) in [5.74, 6) is -1.22. The number of fused-ring (bicyclic) bond motifs is 1. The number of aromatic nitrogens is 1. The van der Waals surface area contributed by atoms with Gasteiger partial charge in [0.15, 0.2) is 5.94 Å². The van der Waals surface area contributed by atoms with Crippen molar-refractivity contribution in [1.29, 1.82) is 0 Å². The molecule has 136 valence electrons. The first kappa shape index (κ1) is 17.9. The van der Waals surface area contributed by atoms with Gasteiger partial charge in [0.05, 0.1) is 12.7 Å². The highest BCUT2D eigenvalue weighted by molar-refractivity contribution is 6.09. The number of ether oxygens (including phenoxy) is 1. The first-order valence-electron chi connectivity index (χ1n) is 8.37. The average Bonchev–Trinajstić information content (AvgIpc) is 3.18. The topological polar surface area (TPSA) is 101 Å². The van der Waals surface area contributed by atoms with Crippen molar-refractivity contribution in [2.75, 3.05) is 7.11 Å². The van der Waals surface area contributed by atoms with E-state index >= 15 is 0 Å². The maximum Gasteiger partial charge on any atom is 0.280 e. The van der Waals surface area contributed by atoms with Crippen molar-refractivity contribution in [3.8, 4) is 0 Å². The Morgan fingerprint density at radius 3 is 2.85 bits per heavy atom. The molecule has 1 aromatic carbocycles. The lowest BCUT2D eigenvalue weighted by molar-refractivity contribution is -0.128. The summed E-state index contributed by atoms with van der Waals surface area (Å²) < 4.78 is 5.48. The maximum atomic E-state index is 12.5. The Morgan fingerprint density at radius 2 is 2.19 bits per heavy atom. The van der Waals surface area contributed by atoms with Crippen molar-refractivity contribution < 1.29 is 24.3 Å². The van der Waals surface area contributed by atoms with Crippen molar-refractivity contribution in [2.24, 2.45) is 0 Å². The third-order valence-corrected chi connectivity index (χ3v) is 4.32. The highest BCUT2D eigenvalue weighted by Gasteiger charge is 2.48. The molecule has 1 unspecified atom stereocenters. The van der Waals surface area contributed by atoms with Gasteiger partial charge in [-0.15, -0.1) is 0 Å². The predicted octanol–water partition coefficient (Wildman–Crippen LogP) is 2.22. The number of H-pyrrole nitrogens is 1. The number of unbranched alkanes of at least 4 members (excludes halogenated alkanes) is 1. The molecule has 0 aliphatic carbocycles. The van der Waals surface area contributed by atoms with Gasteiger partial charge in [0.2, 0.25) is 11.5 Å². The third-order valence-electron chi connectivity index (χ3n) is 4.32. The Bertz CT molecular complexity index is 890. The molecule has 1 aromatic heterocycles. The average molecular weight is 356 g/mol. The Morgan fingerprint density at radius 1 is 1.42 bits per heavy atom. The van der Waals surface area contributed by atoms with Gasteiger partial charge in [-0.25, -0.2) is 10.3 Å². The highest BCUT2D eigenvalue weighted by Crippen LogP contribution is 2.45.